The first-order valence-electron chi connectivity index (χ1n) is 6.51. The van der Waals surface area contributed by atoms with Crippen molar-refractivity contribution in [2.75, 3.05) is 0 Å². The van der Waals surface area contributed by atoms with Gasteiger partial charge in [-0.15, -0.1) is 5.92 Å². The molecule has 0 spiro atoms. The van der Waals surface area contributed by atoms with Crippen LogP contribution >= 0.6 is 0 Å². The van der Waals surface area contributed by atoms with E-state index < -0.39 is 24.2 Å². The number of halogens is 3. The second-order valence-corrected chi connectivity index (χ2v) is 4.69. The molecule has 0 aliphatic carbocycles. The molecule has 1 amide bonds. The fourth-order valence-electron chi connectivity index (χ4n) is 2.07. The number of amidine groups is 1. The molecule has 0 bridgehead atoms. The Hall–Kier alpha value is -2.88. The van der Waals surface area contributed by atoms with Crippen LogP contribution in [0.1, 0.15) is 18.2 Å². The van der Waals surface area contributed by atoms with Gasteiger partial charge in [0.1, 0.15) is 5.84 Å². The van der Waals surface area contributed by atoms with Crippen LogP contribution in [0.25, 0.3) is 0 Å². The van der Waals surface area contributed by atoms with Crippen molar-refractivity contribution in [3.05, 3.63) is 53.4 Å². The molecule has 7 heteroatoms. The third-order valence-corrected chi connectivity index (χ3v) is 3.13. The molecule has 2 rings (SSSR count). The normalized spacial score (nSPS) is 15.2. The Morgan fingerprint density at radius 3 is 2.74 bits per heavy atom. The molecule has 23 heavy (non-hydrogen) atoms. The molecular weight excluding hydrogens is 307 g/mol. The van der Waals surface area contributed by atoms with Crippen molar-refractivity contribution < 1.29 is 18.0 Å². The first kappa shape index (κ1) is 16.5. The van der Waals surface area contributed by atoms with Crippen molar-refractivity contribution in [1.82, 2.24) is 9.88 Å². The first-order valence-corrected chi connectivity index (χ1v) is 6.51. The number of amides is 1. The van der Waals surface area contributed by atoms with Crippen molar-refractivity contribution in [3.8, 4) is 11.8 Å². The molecule has 1 aromatic rings. The van der Waals surface area contributed by atoms with Crippen molar-refractivity contribution in [2.45, 2.75) is 19.6 Å². The van der Waals surface area contributed by atoms with Crippen LogP contribution in [0.15, 0.2) is 42.1 Å². The van der Waals surface area contributed by atoms with Gasteiger partial charge in [0.15, 0.2) is 0 Å². The van der Waals surface area contributed by atoms with E-state index in [1.165, 1.54) is 25.3 Å². The van der Waals surface area contributed by atoms with Gasteiger partial charge in [-0.3, -0.25) is 20.1 Å². The average molecular weight is 319 g/mol. The molecule has 2 heterocycles. The fourth-order valence-corrected chi connectivity index (χ4v) is 2.07. The first-order chi connectivity index (χ1) is 10.8. The van der Waals surface area contributed by atoms with Crippen LogP contribution in [-0.2, 0) is 17.5 Å². The summed E-state index contributed by atoms with van der Waals surface area (Å²) in [6, 6.07) is 2.06. The van der Waals surface area contributed by atoms with E-state index in [2.05, 4.69) is 23.4 Å². The van der Waals surface area contributed by atoms with Gasteiger partial charge in [-0.05, 0) is 25.1 Å². The van der Waals surface area contributed by atoms with E-state index in [9.17, 15) is 18.0 Å². The second-order valence-electron chi connectivity index (χ2n) is 4.69. The lowest BCUT2D eigenvalue weighted by molar-refractivity contribution is -0.139. The maximum atomic E-state index is 13.0. The van der Waals surface area contributed by atoms with Crippen LogP contribution in [0.3, 0.4) is 0 Å². The van der Waals surface area contributed by atoms with Gasteiger partial charge >= 0.3 is 6.18 Å². The van der Waals surface area contributed by atoms with Gasteiger partial charge in [0.25, 0.3) is 5.91 Å². The molecule has 118 valence electrons. The van der Waals surface area contributed by atoms with E-state index in [1.54, 1.807) is 0 Å². The molecule has 0 radical (unpaired) electrons. The van der Waals surface area contributed by atoms with E-state index >= 15 is 0 Å². The summed E-state index contributed by atoms with van der Waals surface area (Å²) in [5.74, 6) is 4.20. The van der Waals surface area contributed by atoms with Crippen LogP contribution in [0.5, 0.6) is 0 Å². The second kappa shape index (κ2) is 6.08. The Balaban J connectivity index is 2.42. The zero-order valence-corrected chi connectivity index (χ0v) is 12.2. The van der Waals surface area contributed by atoms with Crippen LogP contribution in [-0.4, -0.2) is 21.6 Å². The highest BCUT2D eigenvalue weighted by Gasteiger charge is 2.36. The van der Waals surface area contributed by atoms with Crippen molar-refractivity contribution >= 4 is 11.7 Å². The van der Waals surface area contributed by atoms with E-state index in [-0.39, 0.29) is 22.7 Å². The largest absolute Gasteiger partial charge is 0.418 e. The summed E-state index contributed by atoms with van der Waals surface area (Å²) in [7, 11) is 0. The van der Waals surface area contributed by atoms with Gasteiger partial charge in [-0.2, -0.15) is 13.2 Å². The SMILES string of the molecule is C=C1C=C(C#CC)C(=O)N(Cc2ncccc2C(F)(F)F)C1=N. The third kappa shape index (κ3) is 3.31. The number of pyridine rings is 1. The Kier molecular flexibility index (Phi) is 4.36. The highest BCUT2D eigenvalue weighted by Crippen LogP contribution is 2.32. The summed E-state index contributed by atoms with van der Waals surface area (Å²) in [6.45, 7) is 4.67. The molecule has 0 saturated carbocycles. The maximum absolute atomic E-state index is 13.0. The lowest BCUT2D eigenvalue weighted by atomic mass is 10.0. The molecule has 1 aliphatic rings. The van der Waals surface area contributed by atoms with E-state index in [1.807, 2.05) is 0 Å². The summed E-state index contributed by atoms with van der Waals surface area (Å²) in [5.41, 5.74) is -0.995. The molecule has 0 saturated heterocycles. The Bertz CT molecular complexity index is 782. The smallest absolute Gasteiger partial charge is 0.286 e. The number of carbonyl (C=O) groups excluding carboxylic acids is 1. The number of nitrogens with one attached hydrogen (secondary N) is 1. The van der Waals surface area contributed by atoms with Gasteiger partial charge in [0, 0.05) is 11.8 Å². The number of rotatable bonds is 2. The van der Waals surface area contributed by atoms with Gasteiger partial charge in [0.05, 0.1) is 23.4 Å². The summed E-state index contributed by atoms with van der Waals surface area (Å²) in [4.78, 5) is 16.9. The Morgan fingerprint density at radius 1 is 1.43 bits per heavy atom. The maximum Gasteiger partial charge on any atom is 0.418 e. The van der Waals surface area contributed by atoms with Crippen LogP contribution in [0.4, 0.5) is 13.2 Å². The van der Waals surface area contributed by atoms with Crippen molar-refractivity contribution in [1.29, 1.82) is 5.41 Å². The topological polar surface area (TPSA) is 57.1 Å². The van der Waals surface area contributed by atoms with Crippen LogP contribution in [0, 0.1) is 17.3 Å². The monoisotopic (exact) mass is 319 g/mol. The lowest BCUT2D eigenvalue weighted by Gasteiger charge is -2.27. The molecule has 0 aromatic carbocycles. The molecule has 1 N–H and O–H groups in total. The van der Waals surface area contributed by atoms with Gasteiger partial charge in [-0.1, -0.05) is 12.5 Å². The molecule has 0 unspecified atom stereocenters. The van der Waals surface area contributed by atoms with Crippen LogP contribution in [0.2, 0.25) is 0 Å². The molecular formula is C16H12F3N3O. The van der Waals surface area contributed by atoms with E-state index in [0.717, 1.165) is 11.0 Å². The molecule has 0 atom stereocenters. The van der Waals surface area contributed by atoms with E-state index in [0.29, 0.717) is 0 Å². The fraction of sp³-hybridized carbons (Fsp3) is 0.188. The Morgan fingerprint density at radius 2 is 2.13 bits per heavy atom. The van der Waals surface area contributed by atoms with Gasteiger partial charge in [-0.25, -0.2) is 0 Å². The van der Waals surface area contributed by atoms with Gasteiger partial charge < -0.3 is 0 Å². The van der Waals surface area contributed by atoms with Crippen molar-refractivity contribution in [3.63, 3.8) is 0 Å². The van der Waals surface area contributed by atoms with Gasteiger partial charge in [0.2, 0.25) is 0 Å². The lowest BCUT2D eigenvalue weighted by Crippen LogP contribution is -2.40. The number of carbonyl (C=O) groups is 1. The zero-order chi connectivity index (χ0) is 17.2. The minimum absolute atomic E-state index is 0.0815. The van der Waals surface area contributed by atoms with Crippen molar-refractivity contribution in [2.24, 2.45) is 0 Å². The summed E-state index contributed by atoms with van der Waals surface area (Å²) < 4.78 is 39.1. The number of hydrogen-bond acceptors (Lipinski definition) is 3. The zero-order valence-electron chi connectivity index (χ0n) is 12.2. The summed E-state index contributed by atoms with van der Waals surface area (Å²) in [5, 5.41) is 7.88. The minimum atomic E-state index is -4.59. The van der Waals surface area contributed by atoms with E-state index in [4.69, 9.17) is 5.41 Å². The molecule has 1 aliphatic heterocycles. The average Bonchev–Trinajstić information content (AvgIpc) is 2.49. The molecule has 0 fully saturated rings. The highest BCUT2D eigenvalue weighted by molar-refractivity contribution is 6.17. The minimum Gasteiger partial charge on any atom is -0.286 e. The summed E-state index contributed by atoms with van der Waals surface area (Å²) >= 11 is 0. The highest BCUT2D eigenvalue weighted by atomic mass is 19.4. The molecule has 1 aromatic heterocycles. The predicted octanol–water partition coefficient (Wildman–Crippen LogP) is 2.93. The number of hydrogen-bond donors (Lipinski definition) is 1. The predicted molar refractivity (Wildman–Crippen MR) is 78.2 cm³/mol. The Labute approximate surface area is 130 Å². The third-order valence-electron chi connectivity index (χ3n) is 3.13. The van der Waals surface area contributed by atoms with Crippen LogP contribution < -0.4 is 0 Å². The summed E-state index contributed by atoms with van der Waals surface area (Å²) in [6.07, 6.45) is -2.04. The quantitative estimate of drug-likeness (QED) is 0.852. The standard InChI is InChI=1S/C16H12F3N3O/c1-3-5-11-8-10(2)14(20)22(15(11)23)9-13-12(16(17,18)19)6-4-7-21-13/h4,6-8,20H,2,9H2,1H3. The number of aromatic nitrogens is 1. The molecule has 4 nitrogen and oxygen atoms in total. The number of alkyl halides is 3. The number of nitrogens with zero attached hydrogens (tertiary/aromatic N) is 2.